The van der Waals surface area contributed by atoms with Crippen molar-refractivity contribution in [1.82, 2.24) is 4.90 Å². The van der Waals surface area contributed by atoms with Gasteiger partial charge in [-0.3, -0.25) is 0 Å². The van der Waals surface area contributed by atoms with Crippen molar-refractivity contribution in [3.05, 3.63) is 34.1 Å². The zero-order valence-corrected chi connectivity index (χ0v) is 10.1. The van der Waals surface area contributed by atoms with E-state index >= 15 is 0 Å². The molecule has 80 valence electrons. The lowest BCUT2D eigenvalue weighted by atomic mass is 10.2. The molecule has 15 heavy (non-hydrogen) atoms. The number of hydrogen-bond donors (Lipinski definition) is 0. The fraction of sp³-hybridized carbons (Fsp3) is 0.364. The standard InChI is InChI=1S/C11H12BrFN2/c1-15(6-2-5-14)8-9-3-4-11(13)10(12)7-9/h3-4,7H,2,6,8H2,1H3. The quantitative estimate of drug-likeness (QED) is 0.841. The lowest BCUT2D eigenvalue weighted by Crippen LogP contribution is -2.18. The zero-order valence-electron chi connectivity index (χ0n) is 8.50. The van der Waals surface area contributed by atoms with Gasteiger partial charge in [0.25, 0.3) is 0 Å². The predicted octanol–water partition coefficient (Wildman–Crippen LogP) is 2.93. The van der Waals surface area contributed by atoms with Crippen LogP contribution < -0.4 is 0 Å². The van der Waals surface area contributed by atoms with E-state index in [-0.39, 0.29) is 5.82 Å². The van der Waals surface area contributed by atoms with E-state index in [1.807, 2.05) is 11.9 Å². The van der Waals surface area contributed by atoms with Crippen LogP contribution in [0.15, 0.2) is 22.7 Å². The molecule has 0 heterocycles. The van der Waals surface area contributed by atoms with Gasteiger partial charge in [0.15, 0.2) is 0 Å². The second-order valence-corrected chi connectivity index (χ2v) is 4.25. The number of benzene rings is 1. The first-order valence-electron chi connectivity index (χ1n) is 4.63. The Bertz CT molecular complexity index is 373. The van der Waals surface area contributed by atoms with Crippen LogP contribution in [0.3, 0.4) is 0 Å². The summed E-state index contributed by atoms with van der Waals surface area (Å²) in [6.45, 7) is 1.45. The van der Waals surface area contributed by atoms with Gasteiger partial charge in [-0.2, -0.15) is 5.26 Å². The summed E-state index contributed by atoms with van der Waals surface area (Å²) in [4.78, 5) is 2.03. The molecular formula is C11H12BrFN2. The van der Waals surface area contributed by atoms with Gasteiger partial charge in [-0.05, 0) is 40.7 Å². The Labute approximate surface area is 97.4 Å². The third-order valence-corrected chi connectivity index (χ3v) is 2.65. The highest BCUT2D eigenvalue weighted by Gasteiger charge is 2.03. The van der Waals surface area contributed by atoms with Crippen molar-refractivity contribution in [3.63, 3.8) is 0 Å². The molecule has 0 saturated carbocycles. The van der Waals surface area contributed by atoms with E-state index in [1.165, 1.54) is 6.07 Å². The number of hydrogen-bond acceptors (Lipinski definition) is 2. The third kappa shape index (κ3) is 3.98. The molecule has 1 rings (SSSR count). The van der Waals surface area contributed by atoms with E-state index in [0.717, 1.165) is 18.7 Å². The minimum Gasteiger partial charge on any atom is -0.301 e. The van der Waals surface area contributed by atoms with Crippen molar-refractivity contribution in [2.45, 2.75) is 13.0 Å². The fourth-order valence-electron chi connectivity index (χ4n) is 1.27. The Balaban J connectivity index is 2.57. The van der Waals surface area contributed by atoms with Crippen LogP contribution in [0.2, 0.25) is 0 Å². The van der Waals surface area contributed by atoms with Crippen LogP contribution in [0, 0.1) is 17.1 Å². The molecule has 2 nitrogen and oxygen atoms in total. The minimum absolute atomic E-state index is 0.251. The second kappa shape index (κ2) is 5.84. The molecule has 0 amide bonds. The van der Waals surface area contributed by atoms with E-state index < -0.39 is 0 Å². The van der Waals surface area contributed by atoms with Gasteiger partial charge >= 0.3 is 0 Å². The van der Waals surface area contributed by atoms with Crippen molar-refractivity contribution >= 4 is 15.9 Å². The summed E-state index contributed by atoms with van der Waals surface area (Å²) in [6.07, 6.45) is 0.513. The van der Waals surface area contributed by atoms with Crippen molar-refractivity contribution in [2.75, 3.05) is 13.6 Å². The van der Waals surface area contributed by atoms with E-state index in [2.05, 4.69) is 22.0 Å². The van der Waals surface area contributed by atoms with Crippen LogP contribution >= 0.6 is 15.9 Å². The number of nitriles is 1. The van der Waals surface area contributed by atoms with Crippen LogP contribution in [-0.2, 0) is 6.54 Å². The molecule has 0 unspecified atom stereocenters. The zero-order chi connectivity index (χ0) is 11.3. The van der Waals surface area contributed by atoms with Crippen LogP contribution in [0.4, 0.5) is 4.39 Å². The molecule has 4 heteroatoms. The van der Waals surface area contributed by atoms with Gasteiger partial charge in [0.2, 0.25) is 0 Å². The molecule has 0 N–H and O–H groups in total. The lowest BCUT2D eigenvalue weighted by molar-refractivity contribution is 0.334. The van der Waals surface area contributed by atoms with Crippen molar-refractivity contribution < 1.29 is 4.39 Å². The van der Waals surface area contributed by atoms with Crippen LogP contribution in [0.1, 0.15) is 12.0 Å². The summed E-state index contributed by atoms with van der Waals surface area (Å²) in [7, 11) is 1.94. The Morgan fingerprint density at radius 3 is 2.87 bits per heavy atom. The Kier molecular flexibility index (Phi) is 4.73. The Morgan fingerprint density at radius 1 is 1.53 bits per heavy atom. The van der Waals surface area contributed by atoms with E-state index in [0.29, 0.717) is 10.9 Å². The maximum atomic E-state index is 12.9. The molecule has 1 aromatic rings. The highest BCUT2D eigenvalue weighted by Crippen LogP contribution is 2.17. The maximum Gasteiger partial charge on any atom is 0.137 e. The summed E-state index contributed by atoms with van der Waals surface area (Å²) in [5.74, 6) is -0.251. The largest absolute Gasteiger partial charge is 0.301 e. The molecule has 0 atom stereocenters. The van der Waals surface area contributed by atoms with E-state index in [4.69, 9.17) is 5.26 Å². The molecule has 0 aliphatic carbocycles. The average molecular weight is 271 g/mol. The van der Waals surface area contributed by atoms with Crippen molar-refractivity contribution in [3.8, 4) is 6.07 Å². The highest BCUT2D eigenvalue weighted by atomic mass is 79.9. The average Bonchev–Trinajstić information content (AvgIpc) is 2.20. The van der Waals surface area contributed by atoms with Gasteiger partial charge in [0.1, 0.15) is 5.82 Å². The summed E-state index contributed by atoms with van der Waals surface area (Å²) in [5, 5.41) is 8.43. The van der Waals surface area contributed by atoms with Gasteiger partial charge in [-0.25, -0.2) is 4.39 Å². The summed E-state index contributed by atoms with van der Waals surface area (Å²) in [6, 6.07) is 7.05. The first-order chi connectivity index (χ1) is 7.13. The van der Waals surface area contributed by atoms with Crippen LogP contribution in [-0.4, -0.2) is 18.5 Å². The molecule has 1 aromatic carbocycles. The van der Waals surface area contributed by atoms with E-state index in [1.54, 1.807) is 12.1 Å². The van der Waals surface area contributed by atoms with E-state index in [9.17, 15) is 4.39 Å². The fourth-order valence-corrected chi connectivity index (χ4v) is 1.70. The lowest BCUT2D eigenvalue weighted by Gasteiger charge is -2.14. The van der Waals surface area contributed by atoms with Gasteiger partial charge < -0.3 is 4.90 Å². The highest BCUT2D eigenvalue weighted by molar-refractivity contribution is 9.10. The number of nitrogens with zero attached hydrogens (tertiary/aromatic N) is 2. The molecule has 0 aliphatic heterocycles. The molecule has 0 saturated heterocycles. The molecule has 0 aromatic heterocycles. The Hall–Kier alpha value is -0.920. The Morgan fingerprint density at radius 2 is 2.27 bits per heavy atom. The van der Waals surface area contributed by atoms with Gasteiger partial charge in [-0.1, -0.05) is 6.07 Å². The summed E-state index contributed by atoms with van der Waals surface area (Å²) < 4.78 is 13.4. The van der Waals surface area contributed by atoms with Gasteiger partial charge in [-0.15, -0.1) is 0 Å². The smallest absolute Gasteiger partial charge is 0.137 e. The molecule has 0 aliphatic rings. The second-order valence-electron chi connectivity index (χ2n) is 3.39. The number of rotatable bonds is 4. The van der Waals surface area contributed by atoms with Gasteiger partial charge in [0.05, 0.1) is 10.5 Å². The number of halogens is 2. The molecule has 0 fully saturated rings. The SMILES string of the molecule is CN(CCC#N)Cc1ccc(F)c(Br)c1. The van der Waals surface area contributed by atoms with Gasteiger partial charge in [0, 0.05) is 19.5 Å². The first-order valence-corrected chi connectivity index (χ1v) is 5.42. The third-order valence-electron chi connectivity index (χ3n) is 2.04. The van der Waals surface area contributed by atoms with Crippen LogP contribution in [0.25, 0.3) is 0 Å². The van der Waals surface area contributed by atoms with Crippen LogP contribution in [0.5, 0.6) is 0 Å². The van der Waals surface area contributed by atoms with Crippen molar-refractivity contribution in [1.29, 1.82) is 5.26 Å². The normalized spacial score (nSPS) is 10.3. The predicted molar refractivity (Wildman–Crippen MR) is 60.7 cm³/mol. The topological polar surface area (TPSA) is 27.0 Å². The summed E-state index contributed by atoms with van der Waals surface area (Å²) >= 11 is 3.14. The van der Waals surface area contributed by atoms with Crippen molar-refractivity contribution in [2.24, 2.45) is 0 Å². The molecule has 0 spiro atoms. The summed E-state index contributed by atoms with van der Waals surface area (Å²) in [5.41, 5.74) is 1.03. The molecule has 0 bridgehead atoms. The molecule has 0 radical (unpaired) electrons. The monoisotopic (exact) mass is 270 g/mol. The first kappa shape index (κ1) is 12.2. The maximum absolute atomic E-state index is 12.9. The minimum atomic E-state index is -0.251. The molecular weight excluding hydrogens is 259 g/mol.